The third kappa shape index (κ3) is 1.84. The van der Waals surface area contributed by atoms with Gasteiger partial charge >= 0.3 is 0 Å². The van der Waals surface area contributed by atoms with Crippen LogP contribution in [0.5, 0.6) is 0 Å². The Bertz CT molecular complexity index is 727. The zero-order chi connectivity index (χ0) is 14.4. The SMILES string of the molecule is CN(c1ccnc2cc(Cl)ccc12)C12CC=CN1CCC2. The highest BCUT2D eigenvalue weighted by Crippen LogP contribution is 2.43. The minimum Gasteiger partial charge on any atom is -0.355 e. The first-order valence-corrected chi connectivity index (χ1v) is 7.80. The standard InChI is InChI=1S/C17H18ClN3/c1-20(17-7-2-10-21(17)11-3-8-17)16-6-9-19-15-12-13(18)4-5-14(15)16/h2,4-6,9-10,12H,3,7-8,11H2,1H3. The summed E-state index contributed by atoms with van der Waals surface area (Å²) in [4.78, 5) is 9.36. The summed E-state index contributed by atoms with van der Waals surface area (Å²) >= 11 is 6.09. The predicted octanol–water partition coefficient (Wildman–Crippen LogP) is 4.03. The number of rotatable bonds is 2. The molecule has 4 rings (SSSR count). The first-order chi connectivity index (χ1) is 10.2. The fourth-order valence-corrected chi connectivity index (χ4v) is 3.97. The highest BCUT2D eigenvalue weighted by molar-refractivity contribution is 6.31. The van der Waals surface area contributed by atoms with E-state index in [4.69, 9.17) is 11.6 Å². The van der Waals surface area contributed by atoms with Crippen LogP contribution < -0.4 is 4.90 Å². The van der Waals surface area contributed by atoms with Crippen molar-refractivity contribution in [1.82, 2.24) is 9.88 Å². The fraction of sp³-hybridized carbons (Fsp3) is 0.353. The van der Waals surface area contributed by atoms with Crippen molar-refractivity contribution in [2.45, 2.75) is 24.9 Å². The van der Waals surface area contributed by atoms with E-state index in [1.807, 2.05) is 18.3 Å². The van der Waals surface area contributed by atoms with E-state index in [2.05, 4.69) is 46.2 Å². The summed E-state index contributed by atoms with van der Waals surface area (Å²) < 4.78 is 0. The van der Waals surface area contributed by atoms with Gasteiger partial charge in [-0.25, -0.2) is 0 Å². The Hall–Kier alpha value is -1.74. The van der Waals surface area contributed by atoms with Crippen LogP contribution in [0.25, 0.3) is 10.9 Å². The summed E-state index contributed by atoms with van der Waals surface area (Å²) in [7, 11) is 2.20. The summed E-state index contributed by atoms with van der Waals surface area (Å²) in [6.07, 6.45) is 9.96. The van der Waals surface area contributed by atoms with E-state index in [1.165, 1.54) is 18.5 Å². The minimum atomic E-state index is 0.105. The van der Waals surface area contributed by atoms with Gasteiger partial charge in [0.1, 0.15) is 5.66 Å². The second kappa shape index (κ2) is 4.63. The van der Waals surface area contributed by atoms with Gasteiger partial charge in [0.2, 0.25) is 0 Å². The molecule has 21 heavy (non-hydrogen) atoms. The molecule has 1 aromatic heterocycles. The van der Waals surface area contributed by atoms with Crippen molar-refractivity contribution in [3.05, 3.63) is 47.8 Å². The van der Waals surface area contributed by atoms with Gasteiger partial charge in [0.05, 0.1) is 5.52 Å². The largest absolute Gasteiger partial charge is 0.355 e. The number of anilines is 1. The highest BCUT2D eigenvalue weighted by Gasteiger charge is 2.45. The zero-order valence-electron chi connectivity index (χ0n) is 12.1. The number of fused-ring (bicyclic) bond motifs is 2. The molecule has 0 spiro atoms. The van der Waals surface area contributed by atoms with Crippen LogP contribution in [0.3, 0.4) is 0 Å². The van der Waals surface area contributed by atoms with Crippen molar-refractivity contribution in [3.63, 3.8) is 0 Å². The van der Waals surface area contributed by atoms with E-state index in [0.29, 0.717) is 0 Å². The number of hydrogen-bond donors (Lipinski definition) is 0. The minimum absolute atomic E-state index is 0.105. The van der Waals surface area contributed by atoms with Crippen LogP contribution in [0, 0.1) is 0 Å². The number of hydrogen-bond acceptors (Lipinski definition) is 3. The first-order valence-electron chi connectivity index (χ1n) is 7.42. The lowest BCUT2D eigenvalue weighted by Crippen LogP contribution is -2.51. The van der Waals surface area contributed by atoms with Crippen molar-refractivity contribution in [2.75, 3.05) is 18.5 Å². The maximum absolute atomic E-state index is 6.09. The third-order valence-corrected chi connectivity index (χ3v) is 5.14. The maximum atomic E-state index is 6.09. The lowest BCUT2D eigenvalue weighted by Gasteiger charge is -2.43. The molecule has 1 unspecified atom stereocenters. The lowest BCUT2D eigenvalue weighted by atomic mass is 10.0. The van der Waals surface area contributed by atoms with E-state index in [9.17, 15) is 0 Å². The predicted molar refractivity (Wildman–Crippen MR) is 87.6 cm³/mol. The Morgan fingerprint density at radius 2 is 2.24 bits per heavy atom. The molecule has 0 bridgehead atoms. The van der Waals surface area contributed by atoms with E-state index < -0.39 is 0 Å². The molecule has 1 aromatic carbocycles. The number of halogens is 1. The Morgan fingerprint density at radius 1 is 1.33 bits per heavy atom. The average molecular weight is 300 g/mol. The molecule has 108 valence electrons. The van der Waals surface area contributed by atoms with Gasteiger partial charge in [-0.15, -0.1) is 0 Å². The van der Waals surface area contributed by atoms with Gasteiger partial charge in [0.15, 0.2) is 0 Å². The Morgan fingerprint density at radius 3 is 3.14 bits per heavy atom. The molecule has 0 radical (unpaired) electrons. The van der Waals surface area contributed by atoms with Crippen LogP contribution in [0.2, 0.25) is 5.02 Å². The molecule has 2 aliphatic rings. The topological polar surface area (TPSA) is 19.4 Å². The highest BCUT2D eigenvalue weighted by atomic mass is 35.5. The molecular weight excluding hydrogens is 282 g/mol. The van der Waals surface area contributed by atoms with E-state index in [1.54, 1.807) is 0 Å². The van der Waals surface area contributed by atoms with Crippen molar-refractivity contribution >= 4 is 28.2 Å². The molecule has 0 N–H and O–H groups in total. The molecule has 2 aromatic rings. The summed E-state index contributed by atoms with van der Waals surface area (Å²) in [5.41, 5.74) is 2.29. The van der Waals surface area contributed by atoms with Gasteiger partial charge in [-0.1, -0.05) is 17.7 Å². The second-order valence-corrected chi connectivity index (χ2v) is 6.36. The van der Waals surface area contributed by atoms with Gasteiger partial charge in [-0.2, -0.15) is 0 Å². The first kappa shape index (κ1) is 13.0. The Balaban J connectivity index is 1.83. The monoisotopic (exact) mass is 299 g/mol. The van der Waals surface area contributed by atoms with Crippen molar-refractivity contribution in [2.24, 2.45) is 0 Å². The molecular formula is C17H18ClN3. The number of aromatic nitrogens is 1. The van der Waals surface area contributed by atoms with Gasteiger partial charge in [-0.3, -0.25) is 4.98 Å². The summed E-state index contributed by atoms with van der Waals surface area (Å²) in [5, 5.41) is 1.90. The molecule has 3 heterocycles. The average Bonchev–Trinajstić information content (AvgIpc) is 3.05. The molecule has 0 aliphatic carbocycles. The smallest absolute Gasteiger partial charge is 0.116 e. The second-order valence-electron chi connectivity index (χ2n) is 5.92. The van der Waals surface area contributed by atoms with Crippen LogP contribution in [0.1, 0.15) is 19.3 Å². The summed E-state index contributed by atoms with van der Waals surface area (Å²) in [5.74, 6) is 0. The quantitative estimate of drug-likeness (QED) is 0.834. The molecule has 1 fully saturated rings. The van der Waals surface area contributed by atoms with Crippen molar-refractivity contribution in [1.29, 1.82) is 0 Å². The van der Waals surface area contributed by atoms with Gasteiger partial charge in [0, 0.05) is 42.3 Å². The van der Waals surface area contributed by atoms with E-state index >= 15 is 0 Å². The van der Waals surface area contributed by atoms with Crippen LogP contribution in [0.15, 0.2) is 42.7 Å². The molecule has 3 nitrogen and oxygen atoms in total. The van der Waals surface area contributed by atoms with E-state index in [-0.39, 0.29) is 5.66 Å². The number of pyridine rings is 1. The molecule has 0 saturated carbocycles. The van der Waals surface area contributed by atoms with Crippen LogP contribution >= 0.6 is 11.6 Å². The van der Waals surface area contributed by atoms with Crippen molar-refractivity contribution in [3.8, 4) is 0 Å². The normalized spacial score (nSPS) is 23.8. The Labute approximate surface area is 129 Å². The lowest BCUT2D eigenvalue weighted by molar-refractivity contribution is 0.224. The van der Waals surface area contributed by atoms with Gasteiger partial charge in [0.25, 0.3) is 0 Å². The third-order valence-electron chi connectivity index (χ3n) is 4.91. The number of benzene rings is 1. The van der Waals surface area contributed by atoms with Crippen LogP contribution in [0.4, 0.5) is 5.69 Å². The fourth-order valence-electron chi connectivity index (χ4n) is 3.81. The zero-order valence-corrected chi connectivity index (χ0v) is 12.8. The maximum Gasteiger partial charge on any atom is 0.116 e. The van der Waals surface area contributed by atoms with Crippen LogP contribution in [-0.4, -0.2) is 29.1 Å². The summed E-state index contributed by atoms with van der Waals surface area (Å²) in [6, 6.07) is 8.07. The number of nitrogens with zero attached hydrogens (tertiary/aromatic N) is 3. The van der Waals surface area contributed by atoms with Gasteiger partial charge in [-0.05, 0) is 43.3 Å². The molecule has 2 aliphatic heterocycles. The van der Waals surface area contributed by atoms with Crippen LogP contribution in [-0.2, 0) is 0 Å². The Kier molecular flexibility index (Phi) is 2.86. The summed E-state index contributed by atoms with van der Waals surface area (Å²) in [6.45, 7) is 1.15. The van der Waals surface area contributed by atoms with Crippen molar-refractivity contribution < 1.29 is 0 Å². The molecule has 4 heteroatoms. The van der Waals surface area contributed by atoms with Gasteiger partial charge < -0.3 is 9.80 Å². The molecule has 1 atom stereocenters. The van der Waals surface area contributed by atoms with E-state index in [0.717, 1.165) is 28.9 Å². The molecule has 1 saturated heterocycles. The molecule has 0 amide bonds.